The van der Waals surface area contributed by atoms with E-state index in [9.17, 15) is 0 Å². The molecule has 0 heterocycles. The summed E-state index contributed by atoms with van der Waals surface area (Å²) in [4.78, 5) is 0. The highest BCUT2D eigenvalue weighted by Crippen LogP contribution is 2.29. The number of hydrogen-bond acceptors (Lipinski definition) is 0. The quantitative estimate of drug-likeness (QED) is 0.651. The minimum absolute atomic E-state index is 0.877. The summed E-state index contributed by atoms with van der Waals surface area (Å²) >= 11 is 0. The van der Waals surface area contributed by atoms with Crippen LogP contribution in [0.25, 0.3) is 11.1 Å². The topological polar surface area (TPSA) is 0 Å². The van der Waals surface area contributed by atoms with Gasteiger partial charge in [0.2, 0.25) is 0 Å². The molecule has 0 fully saturated rings. The van der Waals surface area contributed by atoms with Crippen molar-refractivity contribution < 1.29 is 0 Å². The van der Waals surface area contributed by atoms with Crippen molar-refractivity contribution in [3.63, 3.8) is 0 Å². The van der Waals surface area contributed by atoms with Gasteiger partial charge in [-0.15, -0.1) is 6.58 Å². The second kappa shape index (κ2) is 6.20. The van der Waals surface area contributed by atoms with Gasteiger partial charge in [0.25, 0.3) is 0 Å². The monoisotopic (exact) mass is 235 g/mol. The van der Waals surface area contributed by atoms with Crippen molar-refractivity contribution in [2.45, 2.75) is 26.2 Å². The molecule has 0 saturated carbocycles. The molecule has 0 heteroatoms. The van der Waals surface area contributed by atoms with Gasteiger partial charge in [-0.3, -0.25) is 0 Å². The van der Waals surface area contributed by atoms with Crippen molar-refractivity contribution in [3.8, 4) is 11.1 Å². The fraction of sp³-hybridized carbons (Fsp3) is 0.222. The maximum Gasteiger partial charge on any atom is -0.00877 e. The van der Waals surface area contributed by atoms with Gasteiger partial charge < -0.3 is 0 Å². The SMILES string of the molecule is C=CCc1[c]ccc(CCC)c1-c1ccccc1. The highest BCUT2D eigenvalue weighted by atomic mass is 14.1. The van der Waals surface area contributed by atoms with Crippen LogP contribution in [0.4, 0.5) is 0 Å². The van der Waals surface area contributed by atoms with Crippen molar-refractivity contribution in [1.29, 1.82) is 0 Å². The van der Waals surface area contributed by atoms with Gasteiger partial charge >= 0.3 is 0 Å². The Hall–Kier alpha value is -1.82. The molecule has 0 spiro atoms. The van der Waals surface area contributed by atoms with E-state index >= 15 is 0 Å². The maximum absolute atomic E-state index is 3.85. The average molecular weight is 235 g/mol. The van der Waals surface area contributed by atoms with E-state index in [1.807, 2.05) is 12.1 Å². The Balaban J connectivity index is 2.56. The molecule has 2 aromatic carbocycles. The molecule has 0 N–H and O–H groups in total. The first-order valence-corrected chi connectivity index (χ1v) is 6.55. The molecule has 0 atom stereocenters. The van der Waals surface area contributed by atoms with Crippen molar-refractivity contribution in [1.82, 2.24) is 0 Å². The molecule has 91 valence electrons. The number of hydrogen-bond donors (Lipinski definition) is 0. The van der Waals surface area contributed by atoms with Crippen molar-refractivity contribution in [3.05, 3.63) is 72.3 Å². The normalized spacial score (nSPS) is 10.3. The van der Waals surface area contributed by atoms with Crippen LogP contribution in [0.15, 0.2) is 55.1 Å². The van der Waals surface area contributed by atoms with Crippen LogP contribution < -0.4 is 0 Å². The lowest BCUT2D eigenvalue weighted by Crippen LogP contribution is -1.95. The molecule has 0 amide bonds. The van der Waals surface area contributed by atoms with E-state index in [1.165, 1.54) is 22.3 Å². The zero-order valence-electron chi connectivity index (χ0n) is 10.9. The standard InChI is InChI=1S/C18H19/c1-3-9-15-13-8-14-16(10-4-2)18(15)17-11-6-5-7-12-17/h3,5-8,11-12,14H,1,4,9-10H2,2H3. The van der Waals surface area contributed by atoms with Gasteiger partial charge in [0, 0.05) is 0 Å². The molecule has 0 aromatic heterocycles. The lowest BCUT2D eigenvalue weighted by atomic mass is 9.91. The molecule has 0 aliphatic rings. The highest BCUT2D eigenvalue weighted by Gasteiger charge is 2.09. The predicted molar refractivity (Wildman–Crippen MR) is 78.6 cm³/mol. The van der Waals surface area contributed by atoms with Gasteiger partial charge in [-0.2, -0.15) is 0 Å². The van der Waals surface area contributed by atoms with Crippen LogP contribution in [0, 0.1) is 6.07 Å². The van der Waals surface area contributed by atoms with E-state index in [-0.39, 0.29) is 0 Å². The largest absolute Gasteiger partial charge is 0.103 e. The Morgan fingerprint density at radius 1 is 1.17 bits per heavy atom. The number of rotatable bonds is 5. The van der Waals surface area contributed by atoms with Crippen LogP contribution in [0.5, 0.6) is 0 Å². The number of allylic oxidation sites excluding steroid dienone is 1. The molecular weight excluding hydrogens is 216 g/mol. The molecule has 2 rings (SSSR count). The summed E-state index contributed by atoms with van der Waals surface area (Å²) < 4.78 is 0. The first-order chi connectivity index (χ1) is 8.86. The summed E-state index contributed by atoms with van der Waals surface area (Å²) in [5.74, 6) is 0. The Labute approximate surface area is 110 Å². The molecule has 0 aliphatic carbocycles. The number of aryl methyl sites for hydroxylation is 1. The summed E-state index contributed by atoms with van der Waals surface area (Å²) in [6, 6.07) is 18.2. The second-order valence-corrected chi connectivity index (χ2v) is 4.47. The van der Waals surface area contributed by atoms with Crippen LogP contribution >= 0.6 is 0 Å². The lowest BCUT2D eigenvalue weighted by Gasteiger charge is -2.13. The molecule has 0 aliphatic heterocycles. The Kier molecular flexibility index (Phi) is 4.35. The third-order valence-electron chi connectivity index (χ3n) is 3.10. The first kappa shape index (κ1) is 12.6. The summed E-state index contributed by atoms with van der Waals surface area (Å²) in [6.07, 6.45) is 5.11. The van der Waals surface area contributed by atoms with E-state index < -0.39 is 0 Å². The van der Waals surface area contributed by atoms with E-state index in [4.69, 9.17) is 0 Å². The van der Waals surface area contributed by atoms with E-state index in [1.54, 1.807) is 0 Å². The lowest BCUT2D eigenvalue weighted by molar-refractivity contribution is 0.921. The fourth-order valence-electron chi connectivity index (χ4n) is 2.34. The molecule has 18 heavy (non-hydrogen) atoms. The summed E-state index contributed by atoms with van der Waals surface area (Å²) in [7, 11) is 0. The summed E-state index contributed by atoms with van der Waals surface area (Å²) in [6.45, 7) is 6.07. The molecule has 0 nitrogen and oxygen atoms in total. The van der Waals surface area contributed by atoms with Crippen LogP contribution in [-0.2, 0) is 12.8 Å². The van der Waals surface area contributed by atoms with E-state index in [0.717, 1.165) is 19.3 Å². The maximum atomic E-state index is 3.85. The average Bonchev–Trinajstić information content (AvgIpc) is 2.41. The number of benzene rings is 2. The van der Waals surface area contributed by atoms with E-state index in [2.05, 4.69) is 56.0 Å². The van der Waals surface area contributed by atoms with Gasteiger partial charge in [-0.1, -0.05) is 61.9 Å². The van der Waals surface area contributed by atoms with Crippen molar-refractivity contribution in [2.24, 2.45) is 0 Å². The van der Waals surface area contributed by atoms with Gasteiger partial charge in [0.05, 0.1) is 0 Å². The Bertz CT molecular complexity index is 509. The van der Waals surface area contributed by atoms with Crippen molar-refractivity contribution >= 4 is 0 Å². The second-order valence-electron chi connectivity index (χ2n) is 4.47. The molecule has 0 bridgehead atoms. The fourth-order valence-corrected chi connectivity index (χ4v) is 2.34. The summed E-state index contributed by atoms with van der Waals surface area (Å²) in [5, 5.41) is 0. The minimum atomic E-state index is 0.877. The van der Waals surface area contributed by atoms with E-state index in [0.29, 0.717) is 0 Å². The third kappa shape index (κ3) is 2.70. The predicted octanol–water partition coefficient (Wildman–Crippen LogP) is 4.83. The van der Waals surface area contributed by atoms with Gasteiger partial charge in [0.15, 0.2) is 0 Å². The van der Waals surface area contributed by atoms with Crippen LogP contribution in [-0.4, -0.2) is 0 Å². The van der Waals surface area contributed by atoms with Crippen LogP contribution in [0.2, 0.25) is 0 Å². The van der Waals surface area contributed by atoms with Gasteiger partial charge in [0.1, 0.15) is 0 Å². The van der Waals surface area contributed by atoms with Gasteiger partial charge in [-0.05, 0) is 41.2 Å². The van der Waals surface area contributed by atoms with Crippen molar-refractivity contribution in [2.75, 3.05) is 0 Å². The smallest absolute Gasteiger partial charge is 0.00877 e. The molecule has 2 aromatic rings. The van der Waals surface area contributed by atoms with Crippen LogP contribution in [0.1, 0.15) is 24.5 Å². The van der Waals surface area contributed by atoms with Crippen LogP contribution in [0.3, 0.4) is 0 Å². The third-order valence-corrected chi connectivity index (χ3v) is 3.10. The zero-order chi connectivity index (χ0) is 12.8. The highest BCUT2D eigenvalue weighted by molar-refractivity contribution is 5.71. The summed E-state index contributed by atoms with van der Waals surface area (Å²) in [5.41, 5.74) is 5.30. The Morgan fingerprint density at radius 2 is 1.94 bits per heavy atom. The molecule has 0 unspecified atom stereocenters. The Morgan fingerprint density at radius 3 is 2.61 bits per heavy atom. The molecule has 0 saturated heterocycles. The molecular formula is C18H19. The minimum Gasteiger partial charge on any atom is -0.103 e. The first-order valence-electron chi connectivity index (χ1n) is 6.55. The molecule has 1 radical (unpaired) electrons. The zero-order valence-corrected chi connectivity index (χ0v) is 10.9. The van der Waals surface area contributed by atoms with Gasteiger partial charge in [-0.25, -0.2) is 0 Å².